The molecule has 0 saturated carbocycles. The fraction of sp³-hybridized carbons (Fsp3) is 0.233. The number of ether oxygens (including phenoxy) is 2. The summed E-state index contributed by atoms with van der Waals surface area (Å²) in [5.41, 5.74) is 3.62. The highest BCUT2D eigenvalue weighted by atomic mass is 19.1. The standard InChI is InChI=1S/C30H29FN4O3/c1-34(19-21-7-4-3-5-8-21)30-32-27-15-16-35(28(36)18-22-9-6-10-25(17-22)37-2)20-26(27)29(33-30)38-24-13-11-23(31)12-14-24/h3-14,17H,15-16,18-20H2,1-2H3. The molecule has 194 valence electrons. The van der Waals surface area contributed by atoms with Crippen molar-refractivity contribution >= 4 is 11.9 Å². The summed E-state index contributed by atoms with van der Waals surface area (Å²) in [6, 6.07) is 23.4. The van der Waals surface area contributed by atoms with Crippen molar-refractivity contribution in [3.8, 4) is 17.4 Å². The van der Waals surface area contributed by atoms with Crippen molar-refractivity contribution in [1.29, 1.82) is 0 Å². The third-order valence-electron chi connectivity index (χ3n) is 6.48. The van der Waals surface area contributed by atoms with Crippen molar-refractivity contribution in [2.24, 2.45) is 0 Å². The average Bonchev–Trinajstić information content (AvgIpc) is 2.94. The van der Waals surface area contributed by atoms with Crippen LogP contribution in [-0.4, -0.2) is 41.5 Å². The Kier molecular flexibility index (Phi) is 7.49. The van der Waals surface area contributed by atoms with Gasteiger partial charge in [-0.1, -0.05) is 42.5 Å². The minimum absolute atomic E-state index is 0.00177. The lowest BCUT2D eigenvalue weighted by Crippen LogP contribution is -2.38. The first-order valence-corrected chi connectivity index (χ1v) is 12.5. The van der Waals surface area contributed by atoms with Crippen molar-refractivity contribution in [3.05, 3.63) is 107 Å². The van der Waals surface area contributed by atoms with Gasteiger partial charge in [0.15, 0.2) is 0 Å². The Labute approximate surface area is 221 Å². The molecule has 1 aliphatic rings. The first-order chi connectivity index (χ1) is 18.5. The van der Waals surface area contributed by atoms with Gasteiger partial charge in [-0.25, -0.2) is 9.37 Å². The summed E-state index contributed by atoms with van der Waals surface area (Å²) in [6.07, 6.45) is 0.840. The third kappa shape index (κ3) is 5.91. The number of carbonyl (C=O) groups is 1. The van der Waals surface area contributed by atoms with Crippen LogP contribution in [-0.2, 0) is 30.7 Å². The number of amides is 1. The fourth-order valence-corrected chi connectivity index (χ4v) is 4.45. The predicted molar refractivity (Wildman–Crippen MR) is 143 cm³/mol. The zero-order valence-corrected chi connectivity index (χ0v) is 21.4. The second-order valence-electron chi connectivity index (χ2n) is 9.25. The van der Waals surface area contributed by atoms with E-state index < -0.39 is 0 Å². The molecule has 0 fully saturated rings. The van der Waals surface area contributed by atoms with E-state index in [1.54, 1.807) is 24.1 Å². The van der Waals surface area contributed by atoms with Crippen molar-refractivity contribution < 1.29 is 18.7 Å². The number of fused-ring (bicyclic) bond motifs is 1. The molecule has 0 aliphatic carbocycles. The normalized spacial score (nSPS) is 12.6. The molecule has 5 rings (SSSR count). The second kappa shape index (κ2) is 11.3. The summed E-state index contributed by atoms with van der Waals surface area (Å²) in [5, 5.41) is 0. The van der Waals surface area contributed by atoms with Crippen molar-refractivity contribution in [2.75, 3.05) is 25.6 Å². The SMILES string of the molecule is COc1cccc(CC(=O)N2CCc3nc(N(C)Cc4ccccc4)nc(Oc4ccc(F)cc4)c3C2)c1. The number of benzene rings is 3. The highest BCUT2D eigenvalue weighted by Crippen LogP contribution is 2.32. The van der Waals surface area contributed by atoms with Crippen LogP contribution in [0.1, 0.15) is 22.4 Å². The predicted octanol–water partition coefficient (Wildman–Crippen LogP) is 5.18. The van der Waals surface area contributed by atoms with E-state index in [-0.39, 0.29) is 18.1 Å². The Balaban J connectivity index is 1.41. The van der Waals surface area contributed by atoms with Crippen LogP contribution in [0.4, 0.5) is 10.3 Å². The maximum absolute atomic E-state index is 13.5. The van der Waals surface area contributed by atoms with Gasteiger partial charge in [0.05, 0.1) is 31.3 Å². The average molecular weight is 513 g/mol. The monoisotopic (exact) mass is 512 g/mol. The van der Waals surface area contributed by atoms with Crippen LogP contribution < -0.4 is 14.4 Å². The smallest absolute Gasteiger partial charge is 0.229 e. The molecule has 8 heteroatoms. The van der Waals surface area contributed by atoms with Crippen LogP contribution in [0, 0.1) is 5.82 Å². The number of aromatic nitrogens is 2. The van der Waals surface area contributed by atoms with Gasteiger partial charge in [0.2, 0.25) is 17.7 Å². The number of hydrogen-bond donors (Lipinski definition) is 0. The lowest BCUT2D eigenvalue weighted by atomic mass is 10.0. The zero-order chi connectivity index (χ0) is 26.5. The van der Waals surface area contributed by atoms with Gasteiger partial charge in [-0.2, -0.15) is 4.98 Å². The molecule has 38 heavy (non-hydrogen) atoms. The molecule has 0 atom stereocenters. The van der Waals surface area contributed by atoms with E-state index in [0.29, 0.717) is 43.6 Å². The highest BCUT2D eigenvalue weighted by molar-refractivity contribution is 5.79. The van der Waals surface area contributed by atoms with Crippen LogP contribution in [0.15, 0.2) is 78.9 Å². The van der Waals surface area contributed by atoms with Gasteiger partial charge in [-0.3, -0.25) is 4.79 Å². The Morgan fingerprint density at radius 2 is 1.74 bits per heavy atom. The van der Waals surface area contributed by atoms with Crippen LogP contribution in [0.25, 0.3) is 0 Å². The Morgan fingerprint density at radius 3 is 2.50 bits per heavy atom. The fourth-order valence-electron chi connectivity index (χ4n) is 4.45. The molecule has 7 nitrogen and oxygen atoms in total. The Hall–Kier alpha value is -4.46. The summed E-state index contributed by atoms with van der Waals surface area (Å²) < 4.78 is 24.9. The number of rotatable bonds is 8. The summed E-state index contributed by atoms with van der Waals surface area (Å²) in [5.74, 6) is 1.73. The first kappa shape index (κ1) is 25.2. The third-order valence-corrected chi connectivity index (χ3v) is 6.48. The van der Waals surface area contributed by atoms with Crippen molar-refractivity contribution in [3.63, 3.8) is 0 Å². The van der Waals surface area contributed by atoms with Crippen LogP contribution in [0.3, 0.4) is 0 Å². The number of hydrogen-bond acceptors (Lipinski definition) is 6. The molecule has 0 unspecified atom stereocenters. The maximum Gasteiger partial charge on any atom is 0.229 e. The molecule has 1 amide bonds. The van der Waals surface area contributed by atoms with Gasteiger partial charge in [0.1, 0.15) is 17.3 Å². The quantitative estimate of drug-likeness (QED) is 0.324. The van der Waals surface area contributed by atoms with Crippen LogP contribution in [0.5, 0.6) is 17.4 Å². The number of methoxy groups -OCH3 is 1. The number of anilines is 1. The molecule has 1 aromatic heterocycles. The van der Waals surface area contributed by atoms with E-state index in [1.807, 2.05) is 54.4 Å². The first-order valence-electron chi connectivity index (χ1n) is 12.5. The van der Waals surface area contributed by atoms with Gasteiger partial charge in [-0.05, 0) is 47.5 Å². The molecule has 2 heterocycles. The topological polar surface area (TPSA) is 67.8 Å². The lowest BCUT2D eigenvalue weighted by Gasteiger charge is -2.30. The zero-order valence-electron chi connectivity index (χ0n) is 21.4. The molecule has 0 radical (unpaired) electrons. The van der Waals surface area contributed by atoms with Gasteiger partial charge < -0.3 is 19.3 Å². The molecule has 0 saturated heterocycles. The molecular formula is C30H29FN4O3. The van der Waals surface area contributed by atoms with E-state index in [9.17, 15) is 9.18 Å². The molecule has 4 aromatic rings. The van der Waals surface area contributed by atoms with E-state index >= 15 is 0 Å². The Morgan fingerprint density at radius 1 is 0.974 bits per heavy atom. The van der Waals surface area contributed by atoms with Crippen LogP contribution in [0.2, 0.25) is 0 Å². The van der Waals surface area contributed by atoms with Gasteiger partial charge in [-0.15, -0.1) is 0 Å². The van der Waals surface area contributed by atoms with E-state index in [4.69, 9.17) is 19.4 Å². The number of carbonyl (C=O) groups excluding carboxylic acids is 1. The van der Waals surface area contributed by atoms with E-state index in [2.05, 4.69) is 12.1 Å². The molecule has 0 N–H and O–H groups in total. The Bertz CT molecular complexity index is 1410. The lowest BCUT2D eigenvalue weighted by molar-refractivity contribution is -0.131. The largest absolute Gasteiger partial charge is 0.497 e. The van der Waals surface area contributed by atoms with E-state index in [0.717, 1.165) is 28.1 Å². The minimum atomic E-state index is -0.348. The molecule has 0 spiro atoms. The summed E-state index contributed by atoms with van der Waals surface area (Å²) in [4.78, 5) is 26.6. The molecule has 0 bridgehead atoms. The molecular weight excluding hydrogens is 483 g/mol. The van der Waals surface area contributed by atoms with Crippen molar-refractivity contribution in [2.45, 2.75) is 25.9 Å². The van der Waals surface area contributed by atoms with Gasteiger partial charge in [0, 0.05) is 26.6 Å². The number of nitrogens with zero attached hydrogens (tertiary/aromatic N) is 4. The minimum Gasteiger partial charge on any atom is -0.497 e. The summed E-state index contributed by atoms with van der Waals surface area (Å²) in [7, 11) is 3.54. The number of halogens is 1. The van der Waals surface area contributed by atoms with Gasteiger partial charge in [0.25, 0.3) is 0 Å². The second-order valence-corrected chi connectivity index (χ2v) is 9.25. The summed E-state index contributed by atoms with van der Waals surface area (Å²) >= 11 is 0. The van der Waals surface area contributed by atoms with Crippen molar-refractivity contribution in [1.82, 2.24) is 14.9 Å². The molecule has 1 aliphatic heterocycles. The maximum atomic E-state index is 13.5. The summed E-state index contributed by atoms with van der Waals surface area (Å²) in [6.45, 7) is 1.50. The van der Waals surface area contributed by atoms with Crippen LogP contribution >= 0.6 is 0 Å². The van der Waals surface area contributed by atoms with Gasteiger partial charge >= 0.3 is 0 Å². The highest BCUT2D eigenvalue weighted by Gasteiger charge is 2.27. The van der Waals surface area contributed by atoms with E-state index in [1.165, 1.54) is 12.1 Å². The molecule has 3 aromatic carbocycles.